The predicted molar refractivity (Wildman–Crippen MR) is 98.7 cm³/mol. The van der Waals surface area contributed by atoms with Gasteiger partial charge in [-0.3, -0.25) is 4.90 Å². The molecule has 1 aliphatic heterocycles. The first kappa shape index (κ1) is 20.4. The van der Waals surface area contributed by atoms with Crippen molar-refractivity contribution in [2.75, 3.05) is 25.0 Å². The summed E-state index contributed by atoms with van der Waals surface area (Å²) < 4.78 is 28.6. The fourth-order valence-corrected chi connectivity index (χ4v) is 3.24. The Morgan fingerprint density at radius 3 is 2.38 bits per heavy atom. The lowest BCUT2D eigenvalue weighted by atomic mass is 9.94. The van der Waals surface area contributed by atoms with Crippen molar-refractivity contribution in [1.29, 1.82) is 0 Å². The highest BCUT2D eigenvalue weighted by molar-refractivity contribution is 5.89. The monoisotopic (exact) mass is 369 g/mol. The van der Waals surface area contributed by atoms with Gasteiger partial charge in [-0.15, -0.1) is 0 Å². The van der Waals surface area contributed by atoms with E-state index < -0.39 is 6.61 Å². The van der Waals surface area contributed by atoms with Crippen molar-refractivity contribution in [2.24, 2.45) is 11.8 Å². The average Bonchev–Trinajstić information content (AvgIpc) is 2.57. The average molecular weight is 369 g/mol. The van der Waals surface area contributed by atoms with Crippen molar-refractivity contribution in [3.05, 3.63) is 24.3 Å². The van der Waals surface area contributed by atoms with Gasteiger partial charge in [0.05, 0.1) is 0 Å². The molecule has 1 heterocycles. The van der Waals surface area contributed by atoms with E-state index in [-0.39, 0.29) is 11.8 Å². The Morgan fingerprint density at radius 1 is 1.23 bits per heavy atom. The Bertz CT molecular complexity index is 558. The van der Waals surface area contributed by atoms with Gasteiger partial charge in [-0.05, 0) is 62.0 Å². The molecule has 2 N–H and O–H groups in total. The number of likely N-dealkylation sites (tertiary alicyclic amines) is 1. The lowest BCUT2D eigenvalue weighted by Gasteiger charge is -2.38. The molecule has 1 aromatic rings. The van der Waals surface area contributed by atoms with Crippen LogP contribution < -0.4 is 15.4 Å². The van der Waals surface area contributed by atoms with Crippen LogP contribution in [0.1, 0.15) is 33.6 Å². The van der Waals surface area contributed by atoms with Crippen LogP contribution in [0.2, 0.25) is 0 Å². The molecule has 0 aliphatic carbocycles. The molecule has 5 nitrogen and oxygen atoms in total. The summed E-state index contributed by atoms with van der Waals surface area (Å²) in [5, 5.41) is 5.64. The third-order valence-corrected chi connectivity index (χ3v) is 4.87. The number of rotatable bonds is 7. The van der Waals surface area contributed by atoms with E-state index in [0.29, 0.717) is 24.2 Å². The number of halogens is 2. The molecule has 0 radical (unpaired) electrons. The van der Waals surface area contributed by atoms with Crippen LogP contribution in [-0.2, 0) is 0 Å². The first-order valence-electron chi connectivity index (χ1n) is 9.19. The molecule has 0 spiro atoms. The van der Waals surface area contributed by atoms with Crippen LogP contribution >= 0.6 is 0 Å². The Labute approximate surface area is 154 Å². The van der Waals surface area contributed by atoms with E-state index in [4.69, 9.17) is 0 Å². The lowest BCUT2D eigenvalue weighted by Crippen LogP contribution is -2.50. The Kier molecular flexibility index (Phi) is 7.63. The number of carbonyl (C=O) groups excluding carboxylic acids is 1. The highest BCUT2D eigenvalue weighted by atomic mass is 19.3. The Morgan fingerprint density at radius 2 is 1.85 bits per heavy atom. The minimum Gasteiger partial charge on any atom is -0.435 e. The van der Waals surface area contributed by atoms with E-state index in [9.17, 15) is 13.6 Å². The van der Waals surface area contributed by atoms with Gasteiger partial charge in [0, 0.05) is 18.3 Å². The minimum atomic E-state index is -2.86. The summed E-state index contributed by atoms with van der Waals surface area (Å²) in [6.45, 7) is 6.48. The molecule has 0 saturated carbocycles. The summed E-state index contributed by atoms with van der Waals surface area (Å²) in [6.07, 6.45) is 2.39. The molecule has 2 amide bonds. The van der Waals surface area contributed by atoms with Crippen LogP contribution in [0.5, 0.6) is 5.75 Å². The molecule has 1 fully saturated rings. The van der Waals surface area contributed by atoms with Crippen LogP contribution in [0.15, 0.2) is 24.3 Å². The molecule has 26 heavy (non-hydrogen) atoms. The van der Waals surface area contributed by atoms with Gasteiger partial charge in [-0.2, -0.15) is 8.78 Å². The van der Waals surface area contributed by atoms with E-state index in [1.54, 1.807) is 0 Å². The second-order valence-electron chi connectivity index (χ2n) is 7.27. The molecule has 1 saturated heterocycles. The fourth-order valence-electron chi connectivity index (χ4n) is 3.24. The largest absolute Gasteiger partial charge is 0.435 e. The highest BCUT2D eigenvalue weighted by Crippen LogP contribution is 2.21. The van der Waals surface area contributed by atoms with Crippen LogP contribution in [0.4, 0.5) is 19.3 Å². The van der Waals surface area contributed by atoms with E-state index in [0.717, 1.165) is 19.0 Å². The number of amides is 2. The van der Waals surface area contributed by atoms with E-state index >= 15 is 0 Å². The molecule has 146 valence electrons. The number of benzene rings is 1. The summed E-state index contributed by atoms with van der Waals surface area (Å²) in [6, 6.07) is 5.85. The molecule has 1 aliphatic rings. The number of alkyl halides is 2. The van der Waals surface area contributed by atoms with Crippen LogP contribution in [0.3, 0.4) is 0 Å². The quantitative estimate of drug-likeness (QED) is 0.759. The third kappa shape index (κ3) is 6.44. The van der Waals surface area contributed by atoms with Gasteiger partial charge >= 0.3 is 12.6 Å². The summed E-state index contributed by atoms with van der Waals surface area (Å²) in [5.41, 5.74) is 0.525. The fraction of sp³-hybridized carbons (Fsp3) is 0.632. The van der Waals surface area contributed by atoms with Gasteiger partial charge in [-0.25, -0.2) is 4.79 Å². The topological polar surface area (TPSA) is 53.6 Å². The first-order valence-corrected chi connectivity index (χ1v) is 9.19. The van der Waals surface area contributed by atoms with Crippen molar-refractivity contribution in [3.8, 4) is 5.75 Å². The number of hydrogen-bond donors (Lipinski definition) is 2. The van der Waals surface area contributed by atoms with Gasteiger partial charge in [0.2, 0.25) is 0 Å². The highest BCUT2D eigenvalue weighted by Gasteiger charge is 2.25. The second kappa shape index (κ2) is 9.71. The molecule has 1 atom stereocenters. The number of nitrogens with one attached hydrogen (secondary N) is 2. The van der Waals surface area contributed by atoms with Crippen molar-refractivity contribution in [3.63, 3.8) is 0 Å². The smallest absolute Gasteiger partial charge is 0.387 e. The standard InChI is InChI=1S/C19H29F2N3O2/c1-13(2)17(24-10-8-14(3)9-11-24)12-22-19(25)23-15-4-6-16(7-5-15)26-18(20)21/h4-7,13-14,17-18H,8-12H2,1-3H3,(H2,22,23,25). The number of nitrogens with zero attached hydrogens (tertiary/aromatic N) is 1. The van der Waals surface area contributed by atoms with Gasteiger partial charge in [-0.1, -0.05) is 20.8 Å². The predicted octanol–water partition coefficient (Wildman–Crippen LogP) is 4.17. The minimum absolute atomic E-state index is 0.0603. The van der Waals surface area contributed by atoms with E-state index in [2.05, 4.69) is 41.0 Å². The molecule has 1 aromatic carbocycles. The maximum Gasteiger partial charge on any atom is 0.387 e. The zero-order valence-corrected chi connectivity index (χ0v) is 15.7. The molecule has 0 bridgehead atoms. The number of carbonyl (C=O) groups is 1. The van der Waals surface area contributed by atoms with Gasteiger partial charge in [0.25, 0.3) is 0 Å². The maximum atomic E-state index is 12.1. The van der Waals surface area contributed by atoms with Gasteiger partial charge in [0.15, 0.2) is 0 Å². The normalized spacial score (nSPS) is 17.3. The van der Waals surface area contributed by atoms with Crippen LogP contribution in [-0.4, -0.2) is 43.2 Å². The number of piperidine rings is 1. The van der Waals surface area contributed by atoms with Gasteiger partial charge < -0.3 is 15.4 Å². The molecular formula is C19H29F2N3O2. The summed E-state index contributed by atoms with van der Waals surface area (Å²) in [4.78, 5) is 14.6. The van der Waals surface area contributed by atoms with E-state index in [1.807, 2.05) is 0 Å². The SMILES string of the molecule is CC1CCN(C(CNC(=O)Nc2ccc(OC(F)F)cc2)C(C)C)CC1. The molecule has 0 aromatic heterocycles. The number of anilines is 1. The maximum absolute atomic E-state index is 12.1. The molecule has 1 unspecified atom stereocenters. The summed E-state index contributed by atoms with van der Waals surface area (Å²) in [7, 11) is 0. The Balaban J connectivity index is 1.82. The molecular weight excluding hydrogens is 340 g/mol. The van der Waals surface area contributed by atoms with Crippen LogP contribution in [0.25, 0.3) is 0 Å². The molecule has 2 rings (SSSR count). The second-order valence-corrected chi connectivity index (χ2v) is 7.27. The number of urea groups is 1. The van der Waals surface area contributed by atoms with Crippen molar-refractivity contribution in [1.82, 2.24) is 10.2 Å². The van der Waals surface area contributed by atoms with Gasteiger partial charge in [0.1, 0.15) is 5.75 Å². The number of hydrogen-bond acceptors (Lipinski definition) is 3. The summed E-state index contributed by atoms with van der Waals surface area (Å²) >= 11 is 0. The first-order chi connectivity index (χ1) is 12.3. The van der Waals surface area contributed by atoms with Crippen molar-refractivity contribution >= 4 is 11.7 Å². The zero-order chi connectivity index (χ0) is 19.1. The summed E-state index contributed by atoms with van der Waals surface area (Å²) in [5.74, 6) is 1.27. The van der Waals surface area contributed by atoms with Crippen molar-refractivity contribution in [2.45, 2.75) is 46.3 Å². The van der Waals surface area contributed by atoms with E-state index in [1.165, 1.54) is 37.1 Å². The zero-order valence-electron chi connectivity index (χ0n) is 15.7. The third-order valence-electron chi connectivity index (χ3n) is 4.87. The molecule has 7 heteroatoms. The Hall–Kier alpha value is -1.89. The van der Waals surface area contributed by atoms with Crippen LogP contribution in [0, 0.1) is 11.8 Å². The number of ether oxygens (including phenoxy) is 1. The van der Waals surface area contributed by atoms with Crippen molar-refractivity contribution < 1.29 is 18.3 Å². The lowest BCUT2D eigenvalue weighted by molar-refractivity contribution is -0.0498.